The molecule has 1 fully saturated rings. The molecule has 5 nitrogen and oxygen atoms in total. The molecular formula is C17H28IN3O2. The molecule has 1 aliphatic rings. The molecule has 23 heavy (non-hydrogen) atoms. The maximum Gasteiger partial charge on any atom is 0.193 e. The Kier molecular flexibility index (Phi) is 9.31. The molecule has 0 aromatic heterocycles. The Balaban J connectivity index is 0.00000264. The highest BCUT2D eigenvalue weighted by atomic mass is 127. The van der Waals surface area contributed by atoms with Crippen molar-refractivity contribution in [2.45, 2.75) is 32.4 Å². The van der Waals surface area contributed by atoms with E-state index >= 15 is 0 Å². The van der Waals surface area contributed by atoms with Gasteiger partial charge in [0.1, 0.15) is 5.75 Å². The third kappa shape index (κ3) is 6.55. The van der Waals surface area contributed by atoms with E-state index in [1.54, 1.807) is 0 Å². The molecule has 6 heteroatoms. The van der Waals surface area contributed by atoms with E-state index in [4.69, 9.17) is 9.47 Å². The van der Waals surface area contributed by atoms with Crippen LogP contribution in [0.4, 0.5) is 0 Å². The standard InChI is InChI=1S/C17H27N3O2.HI/c1-4-21-15-9-7-14(8-10-15)13-20(3)17(18-2)19-12-16-6-5-11-22-16;/h7-10,16H,4-6,11-13H2,1-3H3,(H,18,19);1H. The number of guanidine groups is 1. The Labute approximate surface area is 156 Å². The second-order valence-electron chi connectivity index (χ2n) is 5.50. The second-order valence-corrected chi connectivity index (χ2v) is 5.50. The van der Waals surface area contributed by atoms with Gasteiger partial charge < -0.3 is 19.7 Å². The molecule has 2 rings (SSSR count). The zero-order valence-electron chi connectivity index (χ0n) is 14.2. The van der Waals surface area contributed by atoms with Crippen LogP contribution in [0.25, 0.3) is 0 Å². The Morgan fingerprint density at radius 3 is 2.70 bits per heavy atom. The van der Waals surface area contributed by atoms with Gasteiger partial charge in [-0.25, -0.2) is 0 Å². The molecule has 1 heterocycles. The fourth-order valence-corrected chi connectivity index (χ4v) is 2.60. The zero-order chi connectivity index (χ0) is 15.8. The average molecular weight is 433 g/mol. The maximum absolute atomic E-state index is 5.63. The first-order valence-corrected chi connectivity index (χ1v) is 7.98. The molecule has 1 atom stereocenters. The van der Waals surface area contributed by atoms with Crippen molar-refractivity contribution in [1.29, 1.82) is 0 Å². The predicted molar refractivity (Wildman–Crippen MR) is 105 cm³/mol. The second kappa shape index (κ2) is 10.7. The van der Waals surface area contributed by atoms with E-state index in [1.165, 1.54) is 5.56 Å². The fraction of sp³-hybridized carbons (Fsp3) is 0.588. The van der Waals surface area contributed by atoms with Gasteiger partial charge in [0, 0.05) is 33.8 Å². The van der Waals surface area contributed by atoms with E-state index in [2.05, 4.69) is 27.3 Å². The lowest BCUT2D eigenvalue weighted by atomic mass is 10.2. The molecule has 1 aromatic rings. The lowest BCUT2D eigenvalue weighted by Crippen LogP contribution is -2.41. The largest absolute Gasteiger partial charge is 0.494 e. The summed E-state index contributed by atoms with van der Waals surface area (Å²) in [7, 11) is 3.85. The van der Waals surface area contributed by atoms with Gasteiger partial charge in [-0.15, -0.1) is 24.0 Å². The van der Waals surface area contributed by atoms with Gasteiger partial charge in [0.2, 0.25) is 0 Å². The van der Waals surface area contributed by atoms with Crippen LogP contribution < -0.4 is 10.1 Å². The van der Waals surface area contributed by atoms with Gasteiger partial charge in [-0.05, 0) is 37.5 Å². The highest BCUT2D eigenvalue weighted by molar-refractivity contribution is 14.0. The minimum atomic E-state index is 0. The van der Waals surface area contributed by atoms with E-state index in [9.17, 15) is 0 Å². The van der Waals surface area contributed by atoms with Crippen LogP contribution >= 0.6 is 24.0 Å². The first-order chi connectivity index (χ1) is 10.7. The SMILES string of the molecule is CCOc1ccc(CN(C)C(=NC)NCC2CCCO2)cc1.I. The molecular weight excluding hydrogens is 405 g/mol. The smallest absolute Gasteiger partial charge is 0.193 e. The molecule has 1 aliphatic heterocycles. The normalized spacial score (nSPS) is 17.5. The molecule has 1 unspecified atom stereocenters. The number of hydrogen-bond acceptors (Lipinski definition) is 3. The molecule has 0 radical (unpaired) electrons. The Hall–Kier alpha value is -1.02. The minimum Gasteiger partial charge on any atom is -0.494 e. The van der Waals surface area contributed by atoms with Gasteiger partial charge in [0.05, 0.1) is 12.7 Å². The van der Waals surface area contributed by atoms with Crippen LogP contribution in [0.5, 0.6) is 5.75 Å². The molecule has 0 amide bonds. The van der Waals surface area contributed by atoms with Crippen LogP contribution in [0.3, 0.4) is 0 Å². The van der Waals surface area contributed by atoms with Crippen LogP contribution in [0.1, 0.15) is 25.3 Å². The van der Waals surface area contributed by atoms with E-state index in [1.807, 2.05) is 33.2 Å². The van der Waals surface area contributed by atoms with Gasteiger partial charge in [-0.2, -0.15) is 0 Å². The summed E-state index contributed by atoms with van der Waals surface area (Å²) in [5.41, 5.74) is 1.23. The summed E-state index contributed by atoms with van der Waals surface area (Å²) in [6, 6.07) is 8.20. The van der Waals surface area contributed by atoms with Gasteiger partial charge in [-0.1, -0.05) is 12.1 Å². The molecule has 0 saturated carbocycles. The number of aliphatic imine (C=N–C) groups is 1. The number of hydrogen-bond donors (Lipinski definition) is 1. The first-order valence-electron chi connectivity index (χ1n) is 7.98. The van der Waals surface area contributed by atoms with Crippen LogP contribution in [0, 0.1) is 0 Å². The lowest BCUT2D eigenvalue weighted by molar-refractivity contribution is 0.113. The molecule has 0 aliphatic carbocycles. The minimum absolute atomic E-state index is 0. The molecule has 0 spiro atoms. The average Bonchev–Trinajstić information content (AvgIpc) is 3.03. The number of nitrogens with zero attached hydrogens (tertiary/aromatic N) is 2. The van der Waals surface area contributed by atoms with E-state index in [0.29, 0.717) is 12.7 Å². The third-order valence-electron chi connectivity index (χ3n) is 3.74. The molecule has 1 saturated heterocycles. The molecule has 1 aromatic carbocycles. The van der Waals surface area contributed by atoms with Crippen LogP contribution in [0.15, 0.2) is 29.3 Å². The van der Waals surface area contributed by atoms with E-state index in [-0.39, 0.29) is 24.0 Å². The third-order valence-corrected chi connectivity index (χ3v) is 3.74. The quantitative estimate of drug-likeness (QED) is 0.426. The van der Waals surface area contributed by atoms with Crippen molar-refractivity contribution in [3.63, 3.8) is 0 Å². The van der Waals surface area contributed by atoms with Crippen molar-refractivity contribution < 1.29 is 9.47 Å². The molecule has 130 valence electrons. The number of benzene rings is 1. The number of ether oxygens (including phenoxy) is 2. The van der Waals surface area contributed by atoms with Crippen molar-refractivity contribution in [1.82, 2.24) is 10.2 Å². The van der Waals surface area contributed by atoms with Crippen molar-refractivity contribution >= 4 is 29.9 Å². The highest BCUT2D eigenvalue weighted by Crippen LogP contribution is 2.14. The monoisotopic (exact) mass is 433 g/mol. The summed E-state index contributed by atoms with van der Waals surface area (Å²) in [6.07, 6.45) is 2.61. The predicted octanol–water partition coefficient (Wildman–Crippen LogP) is 2.89. The van der Waals surface area contributed by atoms with Gasteiger partial charge in [0.25, 0.3) is 0 Å². The summed E-state index contributed by atoms with van der Waals surface area (Å²) in [6.45, 7) is 5.19. The van der Waals surface area contributed by atoms with Crippen LogP contribution in [-0.2, 0) is 11.3 Å². The lowest BCUT2D eigenvalue weighted by Gasteiger charge is -2.23. The number of halogens is 1. The molecule has 0 bridgehead atoms. The number of nitrogens with one attached hydrogen (secondary N) is 1. The van der Waals surface area contributed by atoms with Crippen LogP contribution in [0.2, 0.25) is 0 Å². The van der Waals surface area contributed by atoms with Crippen molar-refractivity contribution in [3.8, 4) is 5.75 Å². The summed E-state index contributed by atoms with van der Waals surface area (Å²) >= 11 is 0. The Morgan fingerprint density at radius 2 is 2.13 bits per heavy atom. The summed E-state index contributed by atoms with van der Waals surface area (Å²) in [5, 5.41) is 3.39. The highest BCUT2D eigenvalue weighted by Gasteiger charge is 2.16. The van der Waals surface area contributed by atoms with Crippen molar-refractivity contribution in [2.75, 3.05) is 33.9 Å². The van der Waals surface area contributed by atoms with E-state index < -0.39 is 0 Å². The van der Waals surface area contributed by atoms with E-state index in [0.717, 1.165) is 44.2 Å². The summed E-state index contributed by atoms with van der Waals surface area (Å²) in [4.78, 5) is 6.46. The Bertz CT molecular complexity index is 473. The summed E-state index contributed by atoms with van der Waals surface area (Å²) < 4.78 is 11.1. The fourth-order valence-electron chi connectivity index (χ4n) is 2.60. The number of rotatable bonds is 6. The summed E-state index contributed by atoms with van der Waals surface area (Å²) in [5.74, 6) is 1.80. The molecule has 1 N–H and O–H groups in total. The van der Waals surface area contributed by atoms with Crippen molar-refractivity contribution in [3.05, 3.63) is 29.8 Å². The van der Waals surface area contributed by atoms with Gasteiger partial charge in [0.15, 0.2) is 5.96 Å². The first kappa shape index (κ1) is 20.0. The maximum atomic E-state index is 5.63. The van der Waals surface area contributed by atoms with Crippen LogP contribution in [-0.4, -0.2) is 50.8 Å². The topological polar surface area (TPSA) is 46.1 Å². The zero-order valence-corrected chi connectivity index (χ0v) is 16.6. The van der Waals surface area contributed by atoms with Gasteiger partial charge >= 0.3 is 0 Å². The van der Waals surface area contributed by atoms with Crippen molar-refractivity contribution in [2.24, 2.45) is 4.99 Å². The Morgan fingerprint density at radius 1 is 1.39 bits per heavy atom. The van der Waals surface area contributed by atoms with Gasteiger partial charge in [-0.3, -0.25) is 4.99 Å².